The molecule has 1 heterocycles. The molecule has 96 valence electrons. The molecule has 1 aromatic carbocycles. The fourth-order valence-corrected chi connectivity index (χ4v) is 2.89. The first-order valence-electron chi connectivity index (χ1n) is 6.53. The molecule has 1 aliphatic heterocycles. The lowest BCUT2D eigenvalue weighted by Crippen LogP contribution is -2.33. The Morgan fingerprint density at radius 1 is 1.28 bits per heavy atom. The van der Waals surface area contributed by atoms with Crippen LogP contribution < -0.4 is 4.74 Å². The maximum atomic E-state index is 13.1. The third-order valence-corrected chi connectivity index (χ3v) is 3.90. The maximum absolute atomic E-state index is 13.1. The Bertz CT molecular complexity index is 470. The molecule has 1 aliphatic carbocycles. The van der Waals surface area contributed by atoms with E-state index in [0.717, 1.165) is 19.3 Å². The molecule has 18 heavy (non-hydrogen) atoms. The van der Waals surface area contributed by atoms with Gasteiger partial charge in [0.15, 0.2) is 0 Å². The van der Waals surface area contributed by atoms with Gasteiger partial charge in [0.2, 0.25) is 0 Å². The minimum absolute atomic E-state index is 0.0444. The fraction of sp³-hybridized carbons (Fsp3) is 0.467. The van der Waals surface area contributed by atoms with E-state index in [2.05, 4.69) is 12.2 Å². The van der Waals surface area contributed by atoms with Gasteiger partial charge in [-0.15, -0.1) is 0 Å². The highest BCUT2D eigenvalue weighted by Gasteiger charge is 2.32. The lowest BCUT2D eigenvalue weighted by atomic mass is 9.84. The van der Waals surface area contributed by atoms with E-state index in [-0.39, 0.29) is 11.9 Å². The minimum Gasteiger partial charge on any atom is -0.490 e. The normalized spacial score (nSPS) is 30.7. The summed E-state index contributed by atoms with van der Waals surface area (Å²) in [6.07, 6.45) is 7.57. The number of aliphatic hydroxyl groups excluding tert-OH is 1. The number of fused-ring (bicyclic) bond motifs is 1. The average Bonchev–Trinajstić information content (AvgIpc) is 2.40. The monoisotopic (exact) mass is 248 g/mol. The van der Waals surface area contributed by atoms with Gasteiger partial charge in [0.05, 0.1) is 6.10 Å². The molecule has 0 saturated heterocycles. The van der Waals surface area contributed by atoms with Crippen molar-refractivity contribution in [3.8, 4) is 5.75 Å². The second-order valence-corrected chi connectivity index (χ2v) is 5.13. The van der Waals surface area contributed by atoms with Crippen LogP contribution in [0.15, 0.2) is 30.4 Å². The fourth-order valence-electron chi connectivity index (χ4n) is 2.89. The highest BCUT2D eigenvalue weighted by molar-refractivity contribution is 5.37. The first kappa shape index (κ1) is 11.7. The van der Waals surface area contributed by atoms with Crippen LogP contribution in [0.4, 0.5) is 4.39 Å². The Labute approximate surface area is 106 Å². The third-order valence-electron chi connectivity index (χ3n) is 3.90. The standard InChI is InChI=1S/C15H17FO2/c16-11-6-7-14-12(8-11)13(17)9-15(18-14)10-4-2-1-3-5-10/h1-2,6-8,10,13,15,17H,3-5,9H2. The van der Waals surface area contributed by atoms with Crippen molar-refractivity contribution in [1.82, 2.24) is 0 Å². The lowest BCUT2D eigenvalue weighted by Gasteiger charge is -2.35. The molecule has 0 aromatic heterocycles. The van der Waals surface area contributed by atoms with Crippen LogP contribution in [0.25, 0.3) is 0 Å². The van der Waals surface area contributed by atoms with Gasteiger partial charge < -0.3 is 9.84 Å². The molecule has 0 bridgehead atoms. The van der Waals surface area contributed by atoms with Crippen molar-refractivity contribution >= 4 is 0 Å². The Morgan fingerprint density at radius 3 is 2.94 bits per heavy atom. The van der Waals surface area contributed by atoms with Crippen molar-refractivity contribution in [3.63, 3.8) is 0 Å². The van der Waals surface area contributed by atoms with E-state index in [1.54, 1.807) is 6.07 Å². The largest absolute Gasteiger partial charge is 0.490 e. The van der Waals surface area contributed by atoms with Crippen LogP contribution in [0.2, 0.25) is 0 Å². The third kappa shape index (κ3) is 2.15. The summed E-state index contributed by atoms with van der Waals surface area (Å²) in [5.41, 5.74) is 0.581. The molecular weight excluding hydrogens is 231 g/mol. The van der Waals surface area contributed by atoms with Crippen LogP contribution in [0, 0.1) is 11.7 Å². The van der Waals surface area contributed by atoms with Crippen LogP contribution in [-0.4, -0.2) is 11.2 Å². The molecule has 3 atom stereocenters. The van der Waals surface area contributed by atoms with E-state index < -0.39 is 6.10 Å². The van der Waals surface area contributed by atoms with E-state index in [9.17, 15) is 9.50 Å². The molecule has 1 aromatic rings. The number of ether oxygens (including phenoxy) is 1. The molecule has 0 amide bonds. The highest BCUT2D eigenvalue weighted by atomic mass is 19.1. The zero-order chi connectivity index (χ0) is 12.5. The SMILES string of the molecule is OC1CC(C2CC=CCC2)Oc2ccc(F)cc21. The molecule has 0 saturated carbocycles. The highest BCUT2D eigenvalue weighted by Crippen LogP contribution is 2.39. The second-order valence-electron chi connectivity index (χ2n) is 5.13. The van der Waals surface area contributed by atoms with Crippen LogP contribution >= 0.6 is 0 Å². The molecule has 3 heteroatoms. The van der Waals surface area contributed by atoms with Gasteiger partial charge in [-0.3, -0.25) is 0 Å². The van der Waals surface area contributed by atoms with Crippen LogP contribution in [-0.2, 0) is 0 Å². The van der Waals surface area contributed by atoms with E-state index >= 15 is 0 Å². The molecule has 2 nitrogen and oxygen atoms in total. The summed E-state index contributed by atoms with van der Waals surface area (Å²) in [5, 5.41) is 10.1. The van der Waals surface area contributed by atoms with Gasteiger partial charge in [0.1, 0.15) is 17.7 Å². The van der Waals surface area contributed by atoms with E-state index in [0.29, 0.717) is 23.7 Å². The summed E-state index contributed by atoms with van der Waals surface area (Å²) in [5.74, 6) is 0.771. The van der Waals surface area contributed by atoms with Crippen molar-refractivity contribution in [2.24, 2.45) is 5.92 Å². The zero-order valence-corrected chi connectivity index (χ0v) is 10.2. The lowest BCUT2D eigenvalue weighted by molar-refractivity contribution is 0.0311. The molecule has 2 aliphatic rings. The summed E-state index contributed by atoms with van der Waals surface area (Å²) >= 11 is 0. The predicted molar refractivity (Wildman–Crippen MR) is 66.9 cm³/mol. The second kappa shape index (κ2) is 4.73. The molecule has 1 N–H and O–H groups in total. The average molecular weight is 248 g/mol. The Kier molecular flexibility index (Phi) is 3.08. The number of halogens is 1. The summed E-state index contributed by atoms with van der Waals surface area (Å²) < 4.78 is 19.1. The molecule has 0 spiro atoms. The smallest absolute Gasteiger partial charge is 0.125 e. The number of aliphatic hydroxyl groups is 1. The van der Waals surface area contributed by atoms with Crippen molar-refractivity contribution < 1.29 is 14.2 Å². The number of hydrogen-bond acceptors (Lipinski definition) is 2. The molecule has 3 rings (SSSR count). The van der Waals surface area contributed by atoms with Gasteiger partial charge in [0.25, 0.3) is 0 Å². The van der Waals surface area contributed by atoms with Gasteiger partial charge in [-0.25, -0.2) is 4.39 Å². The summed E-state index contributed by atoms with van der Waals surface area (Å²) in [6, 6.07) is 4.38. The van der Waals surface area contributed by atoms with Crippen molar-refractivity contribution in [3.05, 3.63) is 41.7 Å². The Hall–Kier alpha value is -1.35. The molecule has 0 fully saturated rings. The van der Waals surface area contributed by atoms with Crippen molar-refractivity contribution in [2.45, 2.75) is 37.9 Å². The summed E-state index contributed by atoms with van der Waals surface area (Å²) in [6.45, 7) is 0. The summed E-state index contributed by atoms with van der Waals surface area (Å²) in [4.78, 5) is 0. The van der Waals surface area contributed by atoms with Gasteiger partial charge in [-0.2, -0.15) is 0 Å². The first-order chi connectivity index (χ1) is 8.74. The van der Waals surface area contributed by atoms with Gasteiger partial charge in [-0.1, -0.05) is 12.2 Å². The number of allylic oxidation sites excluding steroid dienone is 2. The minimum atomic E-state index is -0.611. The van der Waals surface area contributed by atoms with Crippen molar-refractivity contribution in [2.75, 3.05) is 0 Å². The molecule has 3 unspecified atom stereocenters. The van der Waals surface area contributed by atoms with Crippen LogP contribution in [0.5, 0.6) is 5.75 Å². The number of benzene rings is 1. The van der Waals surface area contributed by atoms with E-state index in [4.69, 9.17) is 4.74 Å². The topological polar surface area (TPSA) is 29.5 Å². The number of rotatable bonds is 1. The van der Waals surface area contributed by atoms with Crippen LogP contribution in [0.1, 0.15) is 37.4 Å². The zero-order valence-electron chi connectivity index (χ0n) is 10.2. The van der Waals surface area contributed by atoms with Gasteiger partial charge >= 0.3 is 0 Å². The Balaban J connectivity index is 1.82. The predicted octanol–water partition coefficient (Wildman–Crippen LogP) is 3.37. The van der Waals surface area contributed by atoms with Crippen molar-refractivity contribution in [1.29, 1.82) is 0 Å². The van der Waals surface area contributed by atoms with Gasteiger partial charge in [-0.05, 0) is 43.4 Å². The molecular formula is C15H17FO2. The molecule has 0 radical (unpaired) electrons. The van der Waals surface area contributed by atoms with E-state index in [1.807, 2.05) is 0 Å². The summed E-state index contributed by atoms with van der Waals surface area (Å²) in [7, 11) is 0. The van der Waals surface area contributed by atoms with Crippen LogP contribution in [0.3, 0.4) is 0 Å². The maximum Gasteiger partial charge on any atom is 0.125 e. The quantitative estimate of drug-likeness (QED) is 0.772. The Morgan fingerprint density at radius 2 is 2.17 bits per heavy atom. The number of hydrogen-bond donors (Lipinski definition) is 1. The van der Waals surface area contributed by atoms with Gasteiger partial charge in [0, 0.05) is 12.0 Å². The van der Waals surface area contributed by atoms with E-state index in [1.165, 1.54) is 12.1 Å². The first-order valence-corrected chi connectivity index (χ1v) is 6.53.